The predicted molar refractivity (Wildman–Crippen MR) is 137 cm³/mol. The van der Waals surface area contributed by atoms with E-state index in [2.05, 4.69) is 0 Å². The first-order chi connectivity index (χ1) is 17.4. The molecule has 0 aromatic heterocycles. The highest BCUT2D eigenvalue weighted by Gasteiger charge is 2.36. The number of benzene rings is 3. The Hall–Kier alpha value is -3.11. The van der Waals surface area contributed by atoms with Crippen molar-refractivity contribution < 1.29 is 27.9 Å². The third-order valence-electron chi connectivity index (χ3n) is 5.48. The number of methoxy groups -OCH3 is 1. The molecule has 3 aromatic carbocycles. The van der Waals surface area contributed by atoms with Gasteiger partial charge in [-0.25, -0.2) is 13.9 Å². The average molecular weight is 533 g/mol. The van der Waals surface area contributed by atoms with Gasteiger partial charge < -0.3 is 9.47 Å². The highest BCUT2D eigenvalue weighted by molar-refractivity contribution is 7.89. The molecule has 0 aliphatic heterocycles. The first-order valence-corrected chi connectivity index (χ1v) is 13.3. The molecule has 8 nitrogen and oxygen atoms in total. The van der Waals surface area contributed by atoms with Crippen molar-refractivity contribution in [2.45, 2.75) is 30.3 Å². The fourth-order valence-corrected chi connectivity index (χ4v) is 5.32. The second kappa shape index (κ2) is 13.3. The highest BCUT2D eigenvalue weighted by atomic mass is 35.5. The molecule has 0 saturated carbocycles. The van der Waals surface area contributed by atoms with Gasteiger partial charge in [-0.15, -0.1) is 11.6 Å². The summed E-state index contributed by atoms with van der Waals surface area (Å²) in [5.41, 5.74) is 2.98. The second-order valence-electron chi connectivity index (χ2n) is 7.95. The van der Waals surface area contributed by atoms with Gasteiger partial charge in [0.2, 0.25) is 10.0 Å². The van der Waals surface area contributed by atoms with E-state index in [0.717, 1.165) is 9.87 Å². The molecule has 3 aromatic rings. The van der Waals surface area contributed by atoms with Crippen LogP contribution < -0.4 is 15.0 Å². The van der Waals surface area contributed by atoms with Crippen molar-refractivity contribution in [1.82, 2.24) is 9.79 Å². The zero-order chi connectivity index (χ0) is 26.0. The number of halogens is 1. The summed E-state index contributed by atoms with van der Waals surface area (Å²) in [6, 6.07) is 20.7. The maximum absolute atomic E-state index is 13.9. The number of hydroxylamine groups is 1. The van der Waals surface area contributed by atoms with Gasteiger partial charge in [0.1, 0.15) is 17.5 Å². The lowest BCUT2D eigenvalue weighted by Crippen LogP contribution is -2.49. The zero-order valence-corrected chi connectivity index (χ0v) is 21.4. The molecule has 0 aliphatic carbocycles. The van der Waals surface area contributed by atoms with E-state index in [9.17, 15) is 18.4 Å². The quantitative estimate of drug-likeness (QED) is 0.149. The van der Waals surface area contributed by atoms with Crippen LogP contribution >= 0.6 is 11.6 Å². The monoisotopic (exact) mass is 532 g/mol. The third kappa shape index (κ3) is 7.20. The van der Waals surface area contributed by atoms with Crippen LogP contribution in [0.4, 0.5) is 0 Å². The van der Waals surface area contributed by atoms with E-state index in [0.29, 0.717) is 36.0 Å². The van der Waals surface area contributed by atoms with Crippen molar-refractivity contribution in [3.63, 3.8) is 0 Å². The van der Waals surface area contributed by atoms with Gasteiger partial charge in [0.25, 0.3) is 5.91 Å². The molecule has 0 heterocycles. The van der Waals surface area contributed by atoms with E-state index in [-0.39, 0.29) is 17.9 Å². The van der Waals surface area contributed by atoms with Gasteiger partial charge >= 0.3 is 0 Å². The number of amides is 1. The molecule has 0 spiro atoms. The predicted octanol–water partition coefficient (Wildman–Crippen LogP) is 4.01. The van der Waals surface area contributed by atoms with Crippen LogP contribution in [0, 0.1) is 0 Å². The van der Waals surface area contributed by atoms with Gasteiger partial charge in [0, 0.05) is 12.4 Å². The SMILES string of the molecule is COc1cccc(CN([C@H](Cc2ccccc2)C(=O)NO)S(=O)(=O)c2ccc(OCCCCl)cc2)c1. The molecule has 0 bridgehead atoms. The van der Waals surface area contributed by atoms with Gasteiger partial charge in [-0.05, 0) is 60.4 Å². The Balaban J connectivity index is 2.01. The molecule has 0 aliphatic rings. The zero-order valence-electron chi connectivity index (χ0n) is 19.8. The maximum atomic E-state index is 13.9. The first-order valence-electron chi connectivity index (χ1n) is 11.3. The fraction of sp³-hybridized carbons (Fsp3) is 0.269. The van der Waals surface area contributed by atoms with Gasteiger partial charge in [0.05, 0.1) is 18.6 Å². The molecule has 1 atom stereocenters. The Morgan fingerprint density at radius 1 is 1.00 bits per heavy atom. The van der Waals surface area contributed by atoms with Gasteiger partial charge in [0.15, 0.2) is 0 Å². The molecule has 10 heteroatoms. The summed E-state index contributed by atoms with van der Waals surface area (Å²) in [6.07, 6.45) is 0.712. The first kappa shape index (κ1) is 27.5. The van der Waals surface area contributed by atoms with Crippen LogP contribution in [0.2, 0.25) is 0 Å². The smallest absolute Gasteiger partial charge is 0.262 e. The lowest BCUT2D eigenvalue weighted by molar-refractivity contribution is -0.133. The van der Waals surface area contributed by atoms with Crippen molar-refractivity contribution in [3.8, 4) is 11.5 Å². The summed E-state index contributed by atoms with van der Waals surface area (Å²) in [5.74, 6) is 0.676. The van der Waals surface area contributed by atoms with E-state index < -0.39 is 22.0 Å². The number of nitrogens with one attached hydrogen (secondary N) is 1. The summed E-state index contributed by atoms with van der Waals surface area (Å²) in [4.78, 5) is 12.8. The van der Waals surface area contributed by atoms with E-state index in [1.165, 1.54) is 19.2 Å². The third-order valence-corrected chi connectivity index (χ3v) is 7.62. The summed E-state index contributed by atoms with van der Waals surface area (Å²) in [6.45, 7) is 0.284. The Morgan fingerprint density at radius 3 is 2.33 bits per heavy atom. The van der Waals surface area contributed by atoms with Gasteiger partial charge in [-0.3, -0.25) is 10.0 Å². The Labute approximate surface area is 216 Å². The van der Waals surface area contributed by atoms with Crippen LogP contribution in [-0.2, 0) is 27.8 Å². The lowest BCUT2D eigenvalue weighted by atomic mass is 10.0. The summed E-state index contributed by atoms with van der Waals surface area (Å²) < 4.78 is 39.7. The van der Waals surface area contributed by atoms with Crippen LogP contribution in [0.3, 0.4) is 0 Å². The van der Waals surface area contributed by atoms with Crippen LogP contribution in [0.25, 0.3) is 0 Å². The van der Waals surface area contributed by atoms with Crippen LogP contribution in [0.1, 0.15) is 17.5 Å². The van der Waals surface area contributed by atoms with Crippen molar-refractivity contribution in [2.75, 3.05) is 19.6 Å². The number of nitrogens with zero attached hydrogens (tertiary/aromatic N) is 1. The number of hydrogen-bond acceptors (Lipinski definition) is 6. The minimum atomic E-state index is -4.19. The van der Waals surface area contributed by atoms with Crippen LogP contribution in [0.5, 0.6) is 11.5 Å². The molecule has 3 rings (SSSR count). The minimum absolute atomic E-state index is 0.0149. The average Bonchev–Trinajstić information content (AvgIpc) is 2.91. The number of ether oxygens (including phenoxy) is 2. The van der Waals surface area contributed by atoms with E-state index >= 15 is 0 Å². The summed E-state index contributed by atoms with van der Waals surface area (Å²) in [5, 5.41) is 9.49. The Kier molecular flexibility index (Phi) is 10.1. The van der Waals surface area contributed by atoms with Gasteiger partial charge in [-0.2, -0.15) is 4.31 Å². The minimum Gasteiger partial charge on any atom is -0.497 e. The standard InChI is InChI=1S/C26H29ClN2O6S/c1-34-23-10-5-9-21(17-23)19-29(25(26(30)28-31)18-20-7-3-2-4-8-20)36(32,33)24-13-11-22(12-14-24)35-16-6-15-27/h2-5,7-14,17,25,31H,6,15-16,18-19H2,1H3,(H,28,30)/t25-/m1/s1. The number of carbonyl (C=O) groups excluding carboxylic acids is 1. The molecule has 0 saturated heterocycles. The normalized spacial score (nSPS) is 12.2. The van der Waals surface area contributed by atoms with Crippen molar-refractivity contribution in [3.05, 3.63) is 90.0 Å². The number of carbonyl (C=O) groups is 1. The topological polar surface area (TPSA) is 105 Å². The molecule has 1 amide bonds. The van der Waals surface area contributed by atoms with Crippen molar-refractivity contribution in [1.29, 1.82) is 0 Å². The molecule has 2 N–H and O–H groups in total. The molecule has 0 radical (unpaired) electrons. The molecule has 36 heavy (non-hydrogen) atoms. The number of sulfonamides is 1. The van der Waals surface area contributed by atoms with E-state index in [1.54, 1.807) is 66.1 Å². The van der Waals surface area contributed by atoms with Crippen molar-refractivity contribution >= 4 is 27.5 Å². The largest absolute Gasteiger partial charge is 0.497 e. The van der Waals surface area contributed by atoms with Gasteiger partial charge in [-0.1, -0.05) is 42.5 Å². The Morgan fingerprint density at radius 2 is 1.69 bits per heavy atom. The summed E-state index contributed by atoms with van der Waals surface area (Å²) in [7, 11) is -2.68. The van der Waals surface area contributed by atoms with E-state index in [4.69, 9.17) is 21.1 Å². The highest BCUT2D eigenvalue weighted by Crippen LogP contribution is 2.26. The van der Waals surface area contributed by atoms with Crippen LogP contribution in [0.15, 0.2) is 83.8 Å². The number of alkyl halides is 1. The summed E-state index contributed by atoms with van der Waals surface area (Å²) >= 11 is 5.68. The lowest BCUT2D eigenvalue weighted by Gasteiger charge is -2.30. The maximum Gasteiger partial charge on any atom is 0.262 e. The fourth-order valence-electron chi connectivity index (χ4n) is 3.64. The van der Waals surface area contributed by atoms with Crippen LogP contribution in [-0.4, -0.2) is 49.5 Å². The molecule has 0 fully saturated rings. The van der Waals surface area contributed by atoms with Crippen molar-refractivity contribution in [2.24, 2.45) is 0 Å². The molecular formula is C26H29ClN2O6S. The molecular weight excluding hydrogens is 504 g/mol. The molecule has 0 unspecified atom stereocenters. The number of rotatable bonds is 13. The van der Waals surface area contributed by atoms with E-state index in [1.807, 2.05) is 6.07 Å². The Bertz CT molecular complexity index is 1220. The molecule has 192 valence electrons. The number of hydrogen-bond donors (Lipinski definition) is 2. The second-order valence-corrected chi connectivity index (χ2v) is 10.2.